The predicted octanol–water partition coefficient (Wildman–Crippen LogP) is 21.8. The van der Waals surface area contributed by atoms with Crippen molar-refractivity contribution in [3.05, 3.63) is 24.3 Å². The fourth-order valence-corrected chi connectivity index (χ4v) is 10.8. The summed E-state index contributed by atoms with van der Waals surface area (Å²) >= 11 is 0. The quantitative estimate of drug-likeness (QED) is 0.0320. The van der Waals surface area contributed by atoms with Crippen LogP contribution in [0.3, 0.4) is 0 Å². The van der Waals surface area contributed by atoms with Crippen LogP contribution >= 0.6 is 0 Å². The highest BCUT2D eigenvalue weighted by Gasteiger charge is 2.20. The maximum atomic E-state index is 12.5. The van der Waals surface area contributed by atoms with Gasteiger partial charge < -0.3 is 20.3 Å². The Morgan fingerprint density at radius 2 is 0.667 bits per heavy atom. The molecule has 1 amide bonds. The molecule has 0 aromatic rings. The number of carbonyl (C=O) groups excluding carboxylic acids is 2. The van der Waals surface area contributed by atoms with Gasteiger partial charge in [-0.1, -0.05) is 334 Å². The Hall–Kier alpha value is -1.66. The van der Waals surface area contributed by atoms with Crippen molar-refractivity contribution in [2.75, 3.05) is 13.2 Å². The number of hydrogen-bond donors (Lipinski definition) is 3. The number of nitrogens with one attached hydrogen (secondary N) is 1. The predicted molar refractivity (Wildman–Crippen MR) is 329 cm³/mol. The van der Waals surface area contributed by atoms with Crippen LogP contribution in [-0.4, -0.2) is 47.4 Å². The molecule has 0 aliphatic rings. The summed E-state index contributed by atoms with van der Waals surface area (Å²) in [6.45, 7) is 4.97. The summed E-state index contributed by atoms with van der Waals surface area (Å²) in [6, 6.07) is -0.550. The number of aliphatic hydroxyl groups is 2. The second kappa shape index (κ2) is 64.9. The van der Waals surface area contributed by atoms with E-state index in [9.17, 15) is 19.8 Å². The normalized spacial score (nSPS) is 12.6. The number of rotatable bonds is 64. The first kappa shape index (κ1) is 73.3. The minimum absolute atomic E-state index is 0.00750. The summed E-state index contributed by atoms with van der Waals surface area (Å²) in [5.41, 5.74) is 0. The summed E-state index contributed by atoms with van der Waals surface area (Å²) in [6.07, 6.45) is 80.7. The molecule has 0 radical (unpaired) electrons. The lowest BCUT2D eigenvalue weighted by atomic mass is 10.0. The standard InChI is InChI=1S/C69H133NO5/c1-3-5-7-9-11-13-15-16-17-18-19-20-21-23-26-29-32-35-38-42-45-49-53-57-61-67(72)66(65-71)70-68(73)62-58-54-50-46-43-39-36-33-30-27-24-22-25-28-31-34-37-40-44-48-52-56-60-64-75-69(74)63-59-55-51-47-41-14-12-10-8-6-4-2/h22,25,27,30,66-67,71-72H,3-21,23-24,26,28-29,31-65H2,1-2H3,(H,70,73)/b25-22-,30-27-. The number of aliphatic hydroxyl groups excluding tert-OH is 2. The molecule has 0 aromatic heterocycles. The van der Waals surface area contributed by atoms with Crippen molar-refractivity contribution in [1.82, 2.24) is 5.32 Å². The molecule has 0 rings (SSSR count). The molecule has 0 saturated heterocycles. The summed E-state index contributed by atoms with van der Waals surface area (Å²) in [7, 11) is 0. The zero-order chi connectivity index (χ0) is 54.3. The van der Waals surface area contributed by atoms with Crippen LogP contribution in [0.15, 0.2) is 24.3 Å². The van der Waals surface area contributed by atoms with Crippen LogP contribution in [0.25, 0.3) is 0 Å². The summed E-state index contributed by atoms with van der Waals surface area (Å²) in [5, 5.41) is 23.4. The van der Waals surface area contributed by atoms with E-state index in [1.165, 1.54) is 302 Å². The summed E-state index contributed by atoms with van der Waals surface area (Å²) in [5.74, 6) is -0.0335. The molecule has 3 N–H and O–H groups in total. The monoisotopic (exact) mass is 1060 g/mol. The Morgan fingerprint density at radius 3 is 1.01 bits per heavy atom. The van der Waals surface area contributed by atoms with E-state index in [0.717, 1.165) is 44.9 Å². The minimum Gasteiger partial charge on any atom is -0.466 e. The van der Waals surface area contributed by atoms with Crippen molar-refractivity contribution in [2.24, 2.45) is 0 Å². The van der Waals surface area contributed by atoms with E-state index in [1.807, 2.05) is 0 Å². The number of esters is 1. The minimum atomic E-state index is -0.672. The molecule has 444 valence electrons. The van der Waals surface area contributed by atoms with Gasteiger partial charge in [-0.25, -0.2) is 0 Å². The lowest BCUT2D eigenvalue weighted by Gasteiger charge is -2.22. The van der Waals surface area contributed by atoms with Gasteiger partial charge in [-0.3, -0.25) is 9.59 Å². The van der Waals surface area contributed by atoms with E-state index in [0.29, 0.717) is 25.9 Å². The fourth-order valence-electron chi connectivity index (χ4n) is 10.8. The van der Waals surface area contributed by atoms with Gasteiger partial charge in [0.1, 0.15) is 0 Å². The molecule has 0 aliphatic carbocycles. The fraction of sp³-hybridized carbons (Fsp3) is 0.913. The van der Waals surface area contributed by atoms with Crippen LogP contribution in [0.1, 0.15) is 380 Å². The highest BCUT2D eigenvalue weighted by Crippen LogP contribution is 2.19. The van der Waals surface area contributed by atoms with Crippen molar-refractivity contribution in [1.29, 1.82) is 0 Å². The Kier molecular flexibility index (Phi) is 63.4. The van der Waals surface area contributed by atoms with Crippen LogP contribution in [0, 0.1) is 0 Å². The van der Waals surface area contributed by atoms with Crippen LogP contribution in [0.4, 0.5) is 0 Å². The van der Waals surface area contributed by atoms with Crippen molar-refractivity contribution in [2.45, 2.75) is 392 Å². The van der Waals surface area contributed by atoms with Gasteiger partial charge in [0.15, 0.2) is 0 Å². The molecule has 6 nitrogen and oxygen atoms in total. The summed E-state index contributed by atoms with van der Waals surface area (Å²) < 4.78 is 5.46. The number of hydrogen-bond acceptors (Lipinski definition) is 5. The average Bonchev–Trinajstić information content (AvgIpc) is 3.41. The topological polar surface area (TPSA) is 95.9 Å². The second-order valence-electron chi connectivity index (χ2n) is 23.5. The molecule has 75 heavy (non-hydrogen) atoms. The first-order valence-electron chi connectivity index (χ1n) is 34.1. The lowest BCUT2D eigenvalue weighted by molar-refractivity contribution is -0.143. The van der Waals surface area contributed by atoms with Crippen LogP contribution in [-0.2, 0) is 14.3 Å². The molecule has 0 saturated carbocycles. The number of ether oxygens (including phenoxy) is 1. The largest absolute Gasteiger partial charge is 0.466 e. The van der Waals surface area contributed by atoms with E-state index in [1.54, 1.807) is 0 Å². The number of amides is 1. The second-order valence-corrected chi connectivity index (χ2v) is 23.5. The average molecular weight is 1060 g/mol. The third-order valence-electron chi connectivity index (χ3n) is 16.0. The molecular formula is C69H133NO5. The van der Waals surface area contributed by atoms with Gasteiger partial charge in [0.25, 0.3) is 0 Å². The van der Waals surface area contributed by atoms with E-state index in [2.05, 4.69) is 43.5 Å². The van der Waals surface area contributed by atoms with Crippen LogP contribution in [0.2, 0.25) is 0 Å². The number of carbonyl (C=O) groups is 2. The maximum Gasteiger partial charge on any atom is 0.305 e. The Morgan fingerprint density at radius 1 is 0.373 bits per heavy atom. The van der Waals surface area contributed by atoms with Gasteiger partial charge >= 0.3 is 5.97 Å². The molecule has 0 bridgehead atoms. The van der Waals surface area contributed by atoms with Crippen molar-refractivity contribution < 1.29 is 24.5 Å². The highest BCUT2D eigenvalue weighted by atomic mass is 16.5. The van der Waals surface area contributed by atoms with E-state index >= 15 is 0 Å². The molecular weight excluding hydrogens is 923 g/mol. The van der Waals surface area contributed by atoms with Gasteiger partial charge in [0, 0.05) is 12.8 Å². The van der Waals surface area contributed by atoms with Gasteiger partial charge in [0.2, 0.25) is 5.91 Å². The molecule has 0 aromatic carbocycles. The zero-order valence-electron chi connectivity index (χ0n) is 50.8. The van der Waals surface area contributed by atoms with E-state index in [-0.39, 0.29) is 18.5 Å². The molecule has 2 atom stereocenters. The van der Waals surface area contributed by atoms with E-state index < -0.39 is 12.1 Å². The Labute approximate surface area is 469 Å². The molecule has 6 heteroatoms. The smallest absolute Gasteiger partial charge is 0.305 e. The summed E-state index contributed by atoms with van der Waals surface area (Å²) in [4.78, 5) is 24.5. The third kappa shape index (κ3) is 61.4. The zero-order valence-corrected chi connectivity index (χ0v) is 50.8. The first-order chi connectivity index (χ1) is 37.0. The van der Waals surface area contributed by atoms with Gasteiger partial charge in [-0.05, 0) is 57.8 Å². The van der Waals surface area contributed by atoms with Crippen molar-refractivity contribution in [3.8, 4) is 0 Å². The Bertz CT molecular complexity index is 1170. The number of unbranched alkanes of at least 4 members (excludes halogenated alkanes) is 49. The molecule has 0 heterocycles. The molecule has 0 aliphatic heterocycles. The Balaban J connectivity index is 3.45. The van der Waals surface area contributed by atoms with E-state index in [4.69, 9.17) is 4.74 Å². The first-order valence-corrected chi connectivity index (χ1v) is 34.1. The lowest BCUT2D eigenvalue weighted by Crippen LogP contribution is -2.45. The van der Waals surface area contributed by atoms with Gasteiger partial charge in [-0.15, -0.1) is 0 Å². The number of allylic oxidation sites excluding steroid dienone is 4. The van der Waals surface area contributed by atoms with Crippen molar-refractivity contribution in [3.63, 3.8) is 0 Å². The maximum absolute atomic E-state index is 12.5. The van der Waals surface area contributed by atoms with Crippen LogP contribution < -0.4 is 5.32 Å². The van der Waals surface area contributed by atoms with Crippen molar-refractivity contribution >= 4 is 11.9 Å². The SMILES string of the molecule is CCCCCCCCCCCCCCCCCCCCCCCCCCC(O)C(CO)NC(=O)CCCCCCCCC/C=C\C/C=C\CCCCCCCCCCCOC(=O)CCCCCCCCCCCCC. The molecule has 0 spiro atoms. The third-order valence-corrected chi connectivity index (χ3v) is 16.0. The highest BCUT2D eigenvalue weighted by molar-refractivity contribution is 5.76. The molecule has 2 unspecified atom stereocenters. The van der Waals surface area contributed by atoms with Crippen LogP contribution in [0.5, 0.6) is 0 Å². The van der Waals surface area contributed by atoms with Gasteiger partial charge in [0.05, 0.1) is 25.4 Å². The van der Waals surface area contributed by atoms with Gasteiger partial charge in [-0.2, -0.15) is 0 Å². The molecule has 0 fully saturated rings.